The maximum atomic E-state index is 13.8. The topological polar surface area (TPSA) is 72.2 Å². The van der Waals surface area contributed by atoms with Crippen molar-refractivity contribution in [2.75, 3.05) is 10.7 Å². The number of amides is 1. The van der Waals surface area contributed by atoms with Gasteiger partial charge in [0, 0.05) is 10.7 Å². The number of hydrogen-bond donors (Lipinski definition) is 1. The molecule has 0 unspecified atom stereocenters. The number of carbonyl (C=O) groups is 1. The van der Waals surface area contributed by atoms with Crippen molar-refractivity contribution < 1.29 is 18.5 Å². The lowest BCUT2D eigenvalue weighted by Crippen LogP contribution is -2.49. The van der Waals surface area contributed by atoms with Crippen molar-refractivity contribution >= 4 is 43.5 Å². The second-order valence-electron chi connectivity index (χ2n) is 4.33. The van der Waals surface area contributed by atoms with Crippen molar-refractivity contribution in [3.63, 3.8) is 0 Å². The molecule has 0 saturated heterocycles. The number of rotatable bonds is 5. The zero-order valence-electron chi connectivity index (χ0n) is 10.3. The van der Waals surface area contributed by atoms with Gasteiger partial charge in [-0.15, -0.1) is 0 Å². The Morgan fingerprint density at radius 1 is 1.40 bits per heavy atom. The molecule has 1 aromatic rings. The lowest BCUT2D eigenvalue weighted by molar-refractivity contribution is -0.387. The van der Waals surface area contributed by atoms with Gasteiger partial charge in [-0.25, -0.2) is 4.39 Å². The van der Waals surface area contributed by atoms with E-state index in [-0.39, 0.29) is 0 Å². The Bertz CT molecular complexity index is 551. The molecule has 0 aliphatic rings. The summed E-state index contributed by atoms with van der Waals surface area (Å²) in [5, 5.41) is 13.8. The summed E-state index contributed by atoms with van der Waals surface area (Å²) in [4.78, 5) is 21.5. The molecule has 110 valence electrons. The van der Waals surface area contributed by atoms with E-state index < -0.39 is 39.3 Å². The Hall–Kier alpha value is -1.09. The summed E-state index contributed by atoms with van der Waals surface area (Å²) in [6.45, 7) is 1.67. The highest BCUT2D eigenvalue weighted by Gasteiger charge is 2.29. The van der Waals surface area contributed by atoms with Crippen LogP contribution in [0.3, 0.4) is 0 Å². The van der Waals surface area contributed by atoms with E-state index in [1.54, 1.807) is 6.92 Å². The van der Waals surface area contributed by atoms with Gasteiger partial charge in [-0.05, 0) is 13.0 Å². The van der Waals surface area contributed by atoms with Crippen molar-refractivity contribution in [1.29, 1.82) is 0 Å². The lowest BCUT2D eigenvalue weighted by atomic mass is 10.1. The van der Waals surface area contributed by atoms with Crippen molar-refractivity contribution in [1.82, 2.24) is 5.32 Å². The van der Waals surface area contributed by atoms with E-state index in [0.717, 1.165) is 0 Å². The number of carbonyl (C=O) groups excluding carboxylic acids is 1. The van der Waals surface area contributed by atoms with Crippen LogP contribution in [0, 0.1) is 21.7 Å². The van der Waals surface area contributed by atoms with Crippen LogP contribution in [0.4, 0.5) is 14.5 Å². The predicted molar refractivity (Wildman–Crippen MR) is 76.5 cm³/mol. The minimum Gasteiger partial charge on any atom is -0.345 e. The van der Waals surface area contributed by atoms with Crippen molar-refractivity contribution in [2.24, 2.45) is 0 Å². The van der Waals surface area contributed by atoms with Gasteiger partial charge in [0.15, 0.2) is 0 Å². The van der Waals surface area contributed by atoms with Crippen molar-refractivity contribution in [3.05, 3.63) is 39.4 Å². The van der Waals surface area contributed by atoms with Crippen LogP contribution in [0.15, 0.2) is 12.1 Å². The van der Waals surface area contributed by atoms with Gasteiger partial charge in [0.1, 0.15) is 5.82 Å². The van der Waals surface area contributed by atoms with E-state index in [4.69, 9.17) is 0 Å². The molecule has 9 heteroatoms. The second kappa shape index (κ2) is 6.57. The number of benzene rings is 1. The maximum Gasteiger partial charge on any atom is 0.308 e. The third kappa shape index (κ3) is 3.72. The molecule has 0 spiro atoms. The monoisotopic (exact) mass is 414 g/mol. The average molecular weight is 416 g/mol. The maximum absolute atomic E-state index is 13.8. The first-order chi connectivity index (χ1) is 9.24. The number of alkyl halides is 2. The highest BCUT2D eigenvalue weighted by molar-refractivity contribution is 9.09. The molecule has 0 atom stereocenters. The summed E-state index contributed by atoms with van der Waals surface area (Å²) in [7, 11) is 0. The molecule has 0 bridgehead atoms. The van der Waals surface area contributed by atoms with Crippen LogP contribution in [-0.4, -0.2) is 27.0 Å². The molecule has 0 fully saturated rings. The predicted octanol–water partition coefficient (Wildman–Crippen LogP) is 3.15. The highest BCUT2D eigenvalue weighted by Crippen LogP contribution is 2.23. The standard InChI is InChI=1S/C11H10Br2F2N2O3/c1-11(4-12,5-13)16-10(18)7-2-6(14)3-8(9(7)15)17(19)20/h2-3H,4-5H2,1H3,(H,16,18). The first-order valence-electron chi connectivity index (χ1n) is 5.32. The number of nitro benzene ring substituents is 1. The molecule has 1 aromatic carbocycles. The van der Waals surface area contributed by atoms with E-state index in [2.05, 4.69) is 37.2 Å². The van der Waals surface area contributed by atoms with Gasteiger partial charge < -0.3 is 5.32 Å². The SMILES string of the molecule is CC(CBr)(CBr)NC(=O)c1cc(F)cc([N+](=O)[O-])c1F. The zero-order chi connectivity index (χ0) is 15.5. The van der Waals surface area contributed by atoms with E-state index in [1.807, 2.05) is 0 Å². The van der Waals surface area contributed by atoms with Crippen LogP contribution in [0.1, 0.15) is 17.3 Å². The Morgan fingerprint density at radius 2 is 1.95 bits per heavy atom. The summed E-state index contributed by atoms with van der Waals surface area (Å²) < 4.78 is 27.1. The third-order valence-corrected chi connectivity index (χ3v) is 4.94. The van der Waals surface area contributed by atoms with Crippen molar-refractivity contribution in [2.45, 2.75) is 12.5 Å². The molecule has 20 heavy (non-hydrogen) atoms. The van der Waals surface area contributed by atoms with Gasteiger partial charge in [0.05, 0.1) is 22.1 Å². The second-order valence-corrected chi connectivity index (χ2v) is 5.45. The highest BCUT2D eigenvalue weighted by atomic mass is 79.9. The van der Waals surface area contributed by atoms with Gasteiger partial charge in [-0.2, -0.15) is 4.39 Å². The molecule has 0 heterocycles. The van der Waals surface area contributed by atoms with Crippen LogP contribution >= 0.6 is 31.9 Å². The van der Waals surface area contributed by atoms with Crippen LogP contribution < -0.4 is 5.32 Å². The first-order valence-corrected chi connectivity index (χ1v) is 7.56. The van der Waals surface area contributed by atoms with Crippen LogP contribution in [0.5, 0.6) is 0 Å². The molecular weight excluding hydrogens is 406 g/mol. The fourth-order valence-electron chi connectivity index (χ4n) is 1.32. The molecule has 1 rings (SSSR count). The van der Waals surface area contributed by atoms with Gasteiger partial charge in [0.2, 0.25) is 5.82 Å². The molecule has 0 aliphatic carbocycles. The van der Waals surface area contributed by atoms with Crippen molar-refractivity contribution in [3.8, 4) is 0 Å². The fraction of sp³-hybridized carbons (Fsp3) is 0.364. The summed E-state index contributed by atoms with van der Waals surface area (Å²) in [6.07, 6.45) is 0. The Balaban J connectivity index is 3.20. The Labute approximate surface area is 130 Å². The van der Waals surface area contributed by atoms with Crippen LogP contribution in [0.2, 0.25) is 0 Å². The summed E-state index contributed by atoms with van der Waals surface area (Å²) in [5.74, 6) is -3.34. The zero-order valence-corrected chi connectivity index (χ0v) is 13.4. The Kier molecular flexibility index (Phi) is 5.58. The lowest BCUT2D eigenvalue weighted by Gasteiger charge is -2.26. The minimum atomic E-state index is -1.36. The number of hydrogen-bond acceptors (Lipinski definition) is 3. The van der Waals surface area contributed by atoms with Gasteiger partial charge >= 0.3 is 5.69 Å². The van der Waals surface area contributed by atoms with Gasteiger partial charge in [0.25, 0.3) is 5.91 Å². The summed E-state index contributed by atoms with van der Waals surface area (Å²) in [6, 6.07) is 1.06. The number of nitrogens with zero attached hydrogens (tertiary/aromatic N) is 1. The van der Waals surface area contributed by atoms with E-state index >= 15 is 0 Å². The molecule has 1 N–H and O–H groups in total. The number of nitro groups is 1. The van der Waals surface area contributed by atoms with Gasteiger partial charge in [-0.1, -0.05) is 31.9 Å². The number of nitrogens with one attached hydrogen (secondary N) is 1. The summed E-state index contributed by atoms with van der Waals surface area (Å²) >= 11 is 6.37. The molecular formula is C11H10Br2F2N2O3. The molecule has 1 amide bonds. The van der Waals surface area contributed by atoms with Crippen LogP contribution in [0.25, 0.3) is 0 Å². The largest absolute Gasteiger partial charge is 0.345 e. The molecule has 0 aromatic heterocycles. The minimum absolute atomic E-state index is 0.357. The van der Waals surface area contributed by atoms with E-state index in [9.17, 15) is 23.7 Å². The van der Waals surface area contributed by atoms with Gasteiger partial charge in [-0.3, -0.25) is 14.9 Å². The van der Waals surface area contributed by atoms with E-state index in [1.165, 1.54) is 0 Å². The molecule has 0 aliphatic heterocycles. The molecule has 5 nitrogen and oxygen atoms in total. The smallest absolute Gasteiger partial charge is 0.308 e. The van der Waals surface area contributed by atoms with E-state index in [0.29, 0.717) is 22.8 Å². The fourth-order valence-corrected chi connectivity index (χ4v) is 2.53. The van der Waals surface area contributed by atoms with Crippen LogP contribution in [-0.2, 0) is 0 Å². The quantitative estimate of drug-likeness (QED) is 0.456. The normalized spacial score (nSPS) is 11.2. The Morgan fingerprint density at radius 3 is 2.40 bits per heavy atom. The first kappa shape index (κ1) is 17.0. The molecule has 0 radical (unpaired) electrons. The number of halogens is 4. The third-order valence-electron chi connectivity index (χ3n) is 2.46. The summed E-state index contributed by atoms with van der Waals surface area (Å²) in [5.41, 5.74) is -2.52. The molecule has 0 saturated carbocycles. The average Bonchev–Trinajstić information content (AvgIpc) is 2.40.